The molecule has 0 aromatic heterocycles. The number of nitrogens with one attached hydrogen (secondary N) is 1. The third-order valence-corrected chi connectivity index (χ3v) is 3.62. The Labute approximate surface area is 101 Å². The van der Waals surface area contributed by atoms with Gasteiger partial charge in [0.05, 0.1) is 0 Å². The van der Waals surface area contributed by atoms with Gasteiger partial charge >= 0.3 is 6.18 Å². The zero-order valence-corrected chi connectivity index (χ0v) is 10.1. The Morgan fingerprint density at radius 2 is 1.94 bits per heavy atom. The molecule has 1 N–H and O–H groups in total. The van der Waals surface area contributed by atoms with Gasteiger partial charge in [0.15, 0.2) is 0 Å². The first kappa shape index (κ1) is 13.1. The Morgan fingerprint density at radius 1 is 1.18 bits per heavy atom. The van der Waals surface area contributed by atoms with Crippen molar-refractivity contribution in [3.63, 3.8) is 0 Å². The van der Waals surface area contributed by atoms with E-state index in [-0.39, 0.29) is 6.42 Å². The average molecular weight is 250 g/mol. The SMILES string of the molecule is FC(F)(F)CCCN1CCCC1CNC1CC1. The van der Waals surface area contributed by atoms with Crippen LogP contribution in [0, 0.1) is 0 Å². The molecule has 100 valence electrons. The summed E-state index contributed by atoms with van der Waals surface area (Å²) in [5, 5.41) is 3.47. The largest absolute Gasteiger partial charge is 0.389 e. The lowest BCUT2D eigenvalue weighted by molar-refractivity contribution is -0.136. The fraction of sp³-hybridized carbons (Fsp3) is 1.00. The van der Waals surface area contributed by atoms with E-state index < -0.39 is 12.6 Å². The molecule has 0 aromatic carbocycles. The number of nitrogens with zero attached hydrogens (tertiary/aromatic N) is 1. The van der Waals surface area contributed by atoms with E-state index >= 15 is 0 Å². The van der Waals surface area contributed by atoms with Crippen LogP contribution in [-0.4, -0.2) is 42.8 Å². The van der Waals surface area contributed by atoms with Crippen molar-refractivity contribution in [3.05, 3.63) is 0 Å². The van der Waals surface area contributed by atoms with Crippen LogP contribution in [0.1, 0.15) is 38.5 Å². The van der Waals surface area contributed by atoms with Crippen LogP contribution in [0.5, 0.6) is 0 Å². The van der Waals surface area contributed by atoms with Gasteiger partial charge in [-0.1, -0.05) is 0 Å². The molecule has 1 heterocycles. The summed E-state index contributed by atoms with van der Waals surface area (Å²) < 4.78 is 36.2. The van der Waals surface area contributed by atoms with Gasteiger partial charge in [-0.2, -0.15) is 13.2 Å². The van der Waals surface area contributed by atoms with Crippen LogP contribution in [0.2, 0.25) is 0 Å². The van der Waals surface area contributed by atoms with E-state index in [2.05, 4.69) is 10.2 Å². The molecule has 0 spiro atoms. The zero-order chi connectivity index (χ0) is 12.3. The van der Waals surface area contributed by atoms with Gasteiger partial charge in [0.25, 0.3) is 0 Å². The molecular weight excluding hydrogens is 229 g/mol. The van der Waals surface area contributed by atoms with Crippen LogP contribution in [0.25, 0.3) is 0 Å². The topological polar surface area (TPSA) is 15.3 Å². The number of alkyl halides is 3. The molecule has 1 atom stereocenters. The van der Waals surface area contributed by atoms with Crippen LogP contribution in [0.15, 0.2) is 0 Å². The van der Waals surface area contributed by atoms with Crippen LogP contribution in [0.4, 0.5) is 13.2 Å². The van der Waals surface area contributed by atoms with Crippen molar-refractivity contribution in [3.8, 4) is 0 Å². The molecule has 2 fully saturated rings. The minimum Gasteiger partial charge on any atom is -0.312 e. The molecule has 1 aliphatic heterocycles. The van der Waals surface area contributed by atoms with Gasteiger partial charge in [-0.3, -0.25) is 4.90 Å². The van der Waals surface area contributed by atoms with E-state index in [1.54, 1.807) is 0 Å². The maximum absolute atomic E-state index is 12.1. The second-order valence-electron chi connectivity index (χ2n) is 5.23. The zero-order valence-electron chi connectivity index (χ0n) is 10.1. The molecule has 17 heavy (non-hydrogen) atoms. The fourth-order valence-corrected chi connectivity index (χ4v) is 2.49. The summed E-state index contributed by atoms with van der Waals surface area (Å²) in [6.07, 6.45) is 0.382. The number of rotatable bonds is 6. The van der Waals surface area contributed by atoms with Crippen molar-refractivity contribution in [1.29, 1.82) is 0 Å². The lowest BCUT2D eigenvalue weighted by Crippen LogP contribution is -2.39. The summed E-state index contributed by atoms with van der Waals surface area (Å²) in [5.41, 5.74) is 0. The van der Waals surface area contributed by atoms with E-state index in [1.165, 1.54) is 12.8 Å². The van der Waals surface area contributed by atoms with Gasteiger partial charge in [0.1, 0.15) is 0 Å². The molecule has 1 unspecified atom stereocenters. The van der Waals surface area contributed by atoms with Crippen molar-refractivity contribution >= 4 is 0 Å². The van der Waals surface area contributed by atoms with Crippen LogP contribution < -0.4 is 5.32 Å². The van der Waals surface area contributed by atoms with E-state index in [0.717, 1.165) is 25.9 Å². The standard InChI is InChI=1S/C12H21F3N2/c13-12(14,15)6-2-8-17-7-1-3-11(17)9-16-10-4-5-10/h10-11,16H,1-9H2. The predicted octanol–water partition coefficient (Wildman–Crippen LogP) is 2.55. The molecule has 2 nitrogen and oxygen atoms in total. The van der Waals surface area contributed by atoms with Crippen molar-refractivity contribution in [2.75, 3.05) is 19.6 Å². The average Bonchev–Trinajstić information content (AvgIpc) is 2.95. The Hall–Kier alpha value is -0.290. The molecular formula is C12H21F3N2. The quantitative estimate of drug-likeness (QED) is 0.779. The van der Waals surface area contributed by atoms with Gasteiger partial charge in [-0.05, 0) is 45.2 Å². The number of hydrogen-bond donors (Lipinski definition) is 1. The molecule has 1 aliphatic carbocycles. The summed E-state index contributed by atoms with van der Waals surface area (Å²) in [4.78, 5) is 2.22. The normalized spacial score (nSPS) is 26.6. The highest BCUT2D eigenvalue weighted by Crippen LogP contribution is 2.24. The van der Waals surface area contributed by atoms with Crippen molar-refractivity contribution in [2.45, 2.75) is 56.8 Å². The maximum atomic E-state index is 12.1. The molecule has 0 aromatic rings. The summed E-state index contributed by atoms with van der Waals surface area (Å²) in [5.74, 6) is 0. The van der Waals surface area contributed by atoms with Crippen molar-refractivity contribution in [2.24, 2.45) is 0 Å². The molecule has 0 radical (unpaired) electrons. The van der Waals surface area contributed by atoms with E-state index in [1.807, 2.05) is 0 Å². The summed E-state index contributed by atoms with van der Waals surface area (Å²) >= 11 is 0. The Balaban J connectivity index is 1.63. The Morgan fingerprint density at radius 3 is 2.59 bits per heavy atom. The second-order valence-corrected chi connectivity index (χ2v) is 5.23. The first-order valence-corrected chi connectivity index (χ1v) is 6.59. The highest BCUT2D eigenvalue weighted by Gasteiger charge is 2.30. The minimum atomic E-state index is -4.00. The molecule has 2 aliphatic rings. The Bertz CT molecular complexity index is 238. The van der Waals surface area contributed by atoms with Gasteiger partial charge in [0, 0.05) is 25.0 Å². The van der Waals surface area contributed by atoms with Gasteiger partial charge < -0.3 is 5.32 Å². The molecule has 0 amide bonds. The molecule has 5 heteroatoms. The van der Waals surface area contributed by atoms with Crippen LogP contribution in [-0.2, 0) is 0 Å². The Kier molecular flexibility index (Phi) is 4.31. The molecule has 2 rings (SSSR count). The monoisotopic (exact) mass is 250 g/mol. The van der Waals surface area contributed by atoms with Crippen LogP contribution >= 0.6 is 0 Å². The third kappa shape index (κ3) is 4.84. The number of hydrogen-bond acceptors (Lipinski definition) is 2. The third-order valence-electron chi connectivity index (χ3n) is 3.62. The maximum Gasteiger partial charge on any atom is 0.389 e. The lowest BCUT2D eigenvalue weighted by Gasteiger charge is -2.25. The van der Waals surface area contributed by atoms with Gasteiger partial charge in [-0.15, -0.1) is 0 Å². The summed E-state index contributed by atoms with van der Waals surface area (Å²) in [6, 6.07) is 1.15. The molecule has 0 bridgehead atoms. The smallest absolute Gasteiger partial charge is 0.312 e. The summed E-state index contributed by atoms with van der Waals surface area (Å²) in [7, 11) is 0. The summed E-state index contributed by atoms with van der Waals surface area (Å²) in [6.45, 7) is 2.52. The van der Waals surface area contributed by atoms with E-state index in [4.69, 9.17) is 0 Å². The van der Waals surface area contributed by atoms with Crippen molar-refractivity contribution < 1.29 is 13.2 Å². The fourth-order valence-electron chi connectivity index (χ4n) is 2.49. The number of halogens is 3. The first-order valence-electron chi connectivity index (χ1n) is 6.59. The molecule has 1 saturated carbocycles. The molecule has 1 saturated heterocycles. The van der Waals surface area contributed by atoms with Crippen molar-refractivity contribution in [1.82, 2.24) is 10.2 Å². The highest BCUT2D eigenvalue weighted by molar-refractivity contribution is 4.86. The second kappa shape index (κ2) is 5.57. The van der Waals surface area contributed by atoms with E-state index in [0.29, 0.717) is 18.6 Å². The number of likely N-dealkylation sites (tertiary alicyclic amines) is 1. The minimum absolute atomic E-state index is 0.240. The van der Waals surface area contributed by atoms with Gasteiger partial charge in [0.2, 0.25) is 0 Å². The lowest BCUT2D eigenvalue weighted by atomic mass is 10.2. The van der Waals surface area contributed by atoms with E-state index in [9.17, 15) is 13.2 Å². The van der Waals surface area contributed by atoms with Crippen LogP contribution in [0.3, 0.4) is 0 Å². The first-order chi connectivity index (χ1) is 8.04. The highest BCUT2D eigenvalue weighted by atomic mass is 19.4. The van der Waals surface area contributed by atoms with Gasteiger partial charge in [-0.25, -0.2) is 0 Å². The predicted molar refractivity (Wildman–Crippen MR) is 60.9 cm³/mol.